The molecule has 0 bridgehead atoms. The zero-order chi connectivity index (χ0) is 12.2. The van der Waals surface area contributed by atoms with Crippen LogP contribution in [-0.4, -0.2) is 25.2 Å². The van der Waals surface area contributed by atoms with E-state index < -0.39 is 11.9 Å². The number of hydrogen-bond donors (Lipinski definition) is 0. The molecule has 0 aromatic heterocycles. The summed E-state index contributed by atoms with van der Waals surface area (Å²) in [5, 5.41) is 0. The van der Waals surface area contributed by atoms with Crippen LogP contribution in [0.2, 0.25) is 0 Å². The molecule has 0 saturated heterocycles. The van der Waals surface area contributed by atoms with Crippen LogP contribution in [0.3, 0.4) is 0 Å². The molecule has 0 aromatic carbocycles. The van der Waals surface area contributed by atoms with Crippen LogP contribution in [0.5, 0.6) is 0 Å². The Kier molecular flexibility index (Phi) is 8.59. The van der Waals surface area contributed by atoms with E-state index >= 15 is 0 Å². The van der Waals surface area contributed by atoms with E-state index in [-0.39, 0.29) is 13.2 Å². The average molecular weight is 224 g/mol. The monoisotopic (exact) mass is 224 g/mol. The summed E-state index contributed by atoms with van der Waals surface area (Å²) in [7, 11) is 0. The predicted octanol–water partition coefficient (Wildman–Crippen LogP) is 1.78. The fourth-order valence-electron chi connectivity index (χ4n) is 0.757. The fraction of sp³-hybridized carbons (Fsp3) is 0.333. The van der Waals surface area contributed by atoms with Gasteiger partial charge in [-0.2, -0.15) is 0 Å². The summed E-state index contributed by atoms with van der Waals surface area (Å²) in [5.74, 6) is -0.882. The van der Waals surface area contributed by atoms with Crippen molar-refractivity contribution >= 4 is 11.9 Å². The second-order valence-electron chi connectivity index (χ2n) is 2.78. The van der Waals surface area contributed by atoms with Gasteiger partial charge in [-0.1, -0.05) is 24.8 Å². The normalized spacial score (nSPS) is 10.6. The van der Waals surface area contributed by atoms with Gasteiger partial charge in [-0.25, -0.2) is 9.59 Å². The lowest BCUT2D eigenvalue weighted by Crippen LogP contribution is -2.07. The van der Waals surface area contributed by atoms with E-state index in [1.807, 2.05) is 6.92 Å². The smallest absolute Gasteiger partial charge is 0.330 e. The molecule has 0 rings (SSSR count). The van der Waals surface area contributed by atoms with Crippen molar-refractivity contribution in [1.82, 2.24) is 0 Å². The van der Waals surface area contributed by atoms with Crippen LogP contribution in [0.1, 0.15) is 13.3 Å². The van der Waals surface area contributed by atoms with Gasteiger partial charge in [0, 0.05) is 18.6 Å². The quantitative estimate of drug-likeness (QED) is 0.286. The molecule has 0 saturated carbocycles. The van der Waals surface area contributed by atoms with E-state index in [1.54, 1.807) is 18.2 Å². The molecule has 0 aromatic rings. The van der Waals surface area contributed by atoms with Gasteiger partial charge in [-0.3, -0.25) is 0 Å². The van der Waals surface area contributed by atoms with Crippen LogP contribution in [0.25, 0.3) is 0 Å². The van der Waals surface area contributed by atoms with Crippen molar-refractivity contribution in [1.29, 1.82) is 0 Å². The second-order valence-corrected chi connectivity index (χ2v) is 2.78. The van der Waals surface area contributed by atoms with E-state index in [0.717, 1.165) is 6.08 Å². The number of hydrogen-bond acceptors (Lipinski definition) is 4. The molecule has 0 aliphatic heterocycles. The lowest BCUT2D eigenvalue weighted by molar-refractivity contribution is -0.140. The Morgan fingerprint density at radius 1 is 1.12 bits per heavy atom. The van der Waals surface area contributed by atoms with Gasteiger partial charge in [0.2, 0.25) is 0 Å². The highest BCUT2D eigenvalue weighted by Crippen LogP contribution is 1.89. The van der Waals surface area contributed by atoms with Crippen LogP contribution < -0.4 is 0 Å². The lowest BCUT2D eigenvalue weighted by Gasteiger charge is -2.02. The molecule has 0 aliphatic rings. The van der Waals surface area contributed by atoms with Crippen LogP contribution in [0, 0.1) is 0 Å². The van der Waals surface area contributed by atoms with Crippen LogP contribution in [0.4, 0.5) is 0 Å². The summed E-state index contributed by atoms with van der Waals surface area (Å²) < 4.78 is 9.52. The van der Waals surface area contributed by atoms with Crippen molar-refractivity contribution in [2.45, 2.75) is 13.3 Å². The maximum atomic E-state index is 11.0. The van der Waals surface area contributed by atoms with Gasteiger partial charge in [0.1, 0.15) is 0 Å². The van der Waals surface area contributed by atoms with Crippen molar-refractivity contribution < 1.29 is 19.1 Å². The molecule has 16 heavy (non-hydrogen) atoms. The Labute approximate surface area is 95.2 Å². The minimum atomic E-state index is -0.473. The Hall–Kier alpha value is -1.84. The third-order valence-electron chi connectivity index (χ3n) is 1.48. The van der Waals surface area contributed by atoms with E-state index in [1.165, 1.54) is 6.08 Å². The van der Waals surface area contributed by atoms with Gasteiger partial charge in [0.05, 0.1) is 13.2 Å². The fourth-order valence-corrected chi connectivity index (χ4v) is 0.757. The van der Waals surface area contributed by atoms with Gasteiger partial charge >= 0.3 is 11.9 Å². The maximum absolute atomic E-state index is 11.0. The highest BCUT2D eigenvalue weighted by Gasteiger charge is 1.97. The van der Waals surface area contributed by atoms with Gasteiger partial charge < -0.3 is 9.47 Å². The first-order valence-corrected chi connectivity index (χ1v) is 4.96. The summed E-state index contributed by atoms with van der Waals surface area (Å²) in [4.78, 5) is 21.6. The Morgan fingerprint density at radius 3 is 2.31 bits per heavy atom. The molecule has 0 N–H and O–H groups in total. The Balaban J connectivity index is 3.48. The summed E-state index contributed by atoms with van der Waals surface area (Å²) in [6.07, 6.45) is 8.02. The largest absolute Gasteiger partial charge is 0.462 e. The molecule has 4 heteroatoms. The van der Waals surface area contributed by atoms with E-state index in [4.69, 9.17) is 9.47 Å². The highest BCUT2D eigenvalue weighted by molar-refractivity contribution is 5.82. The summed E-state index contributed by atoms with van der Waals surface area (Å²) in [6, 6.07) is 0. The first-order valence-electron chi connectivity index (χ1n) is 4.96. The molecule has 0 radical (unpaired) electrons. The minimum Gasteiger partial charge on any atom is -0.462 e. The van der Waals surface area contributed by atoms with Crippen molar-refractivity contribution in [2.24, 2.45) is 0 Å². The third kappa shape index (κ3) is 8.74. The van der Waals surface area contributed by atoms with Crippen molar-refractivity contribution in [3.05, 3.63) is 37.0 Å². The molecule has 0 heterocycles. The molecular formula is C12H16O4. The van der Waals surface area contributed by atoms with Gasteiger partial charge in [0.15, 0.2) is 0 Å². The zero-order valence-electron chi connectivity index (χ0n) is 9.35. The predicted molar refractivity (Wildman–Crippen MR) is 60.7 cm³/mol. The average Bonchev–Trinajstić information content (AvgIpc) is 2.28. The molecule has 0 unspecified atom stereocenters. The molecule has 4 nitrogen and oxygen atoms in total. The van der Waals surface area contributed by atoms with E-state index in [0.29, 0.717) is 6.42 Å². The number of carbonyl (C=O) groups excluding carboxylic acids is 2. The zero-order valence-corrected chi connectivity index (χ0v) is 9.35. The SMILES string of the molecule is C=CC(=O)OCCCOC(=O)/C=C/C=C/C. The third-order valence-corrected chi connectivity index (χ3v) is 1.48. The number of ether oxygens (including phenoxy) is 2. The summed E-state index contributed by atoms with van der Waals surface area (Å²) in [6.45, 7) is 5.55. The number of allylic oxidation sites excluding steroid dienone is 3. The standard InChI is InChI=1S/C12H16O4/c1-3-5-6-8-12(14)16-10-7-9-15-11(13)4-2/h3-6,8H,2,7,9-10H2,1H3/b5-3+,8-6+. The summed E-state index contributed by atoms with van der Waals surface area (Å²) >= 11 is 0. The van der Waals surface area contributed by atoms with E-state index in [9.17, 15) is 9.59 Å². The Morgan fingerprint density at radius 2 is 1.75 bits per heavy atom. The second kappa shape index (κ2) is 9.71. The molecule has 0 aliphatic carbocycles. The highest BCUT2D eigenvalue weighted by atomic mass is 16.5. The minimum absolute atomic E-state index is 0.219. The number of esters is 2. The molecule has 0 fully saturated rings. The molecule has 88 valence electrons. The first kappa shape index (κ1) is 14.2. The van der Waals surface area contributed by atoms with Crippen molar-refractivity contribution in [3.63, 3.8) is 0 Å². The van der Waals surface area contributed by atoms with E-state index in [2.05, 4.69) is 6.58 Å². The lowest BCUT2D eigenvalue weighted by atomic mass is 10.4. The molecule has 0 amide bonds. The van der Waals surface area contributed by atoms with Crippen LogP contribution >= 0.6 is 0 Å². The molecule has 0 spiro atoms. The summed E-state index contributed by atoms with van der Waals surface area (Å²) in [5.41, 5.74) is 0. The van der Waals surface area contributed by atoms with Gasteiger partial charge in [-0.15, -0.1) is 0 Å². The number of carbonyl (C=O) groups is 2. The van der Waals surface area contributed by atoms with Crippen molar-refractivity contribution in [3.8, 4) is 0 Å². The number of rotatable bonds is 7. The van der Waals surface area contributed by atoms with Crippen LogP contribution in [0.15, 0.2) is 37.0 Å². The topological polar surface area (TPSA) is 52.6 Å². The van der Waals surface area contributed by atoms with Gasteiger partial charge in [0.25, 0.3) is 0 Å². The van der Waals surface area contributed by atoms with Crippen molar-refractivity contribution in [2.75, 3.05) is 13.2 Å². The molecule has 0 atom stereocenters. The maximum Gasteiger partial charge on any atom is 0.330 e. The first-order chi connectivity index (χ1) is 7.70. The Bertz CT molecular complexity index is 289. The van der Waals surface area contributed by atoms with Gasteiger partial charge in [-0.05, 0) is 6.92 Å². The van der Waals surface area contributed by atoms with Crippen LogP contribution in [-0.2, 0) is 19.1 Å². The molecular weight excluding hydrogens is 208 g/mol.